The molecule has 0 saturated carbocycles. The molecule has 0 atom stereocenters. The van der Waals surface area contributed by atoms with Crippen LogP contribution in [0.3, 0.4) is 0 Å². The van der Waals surface area contributed by atoms with E-state index in [4.69, 9.17) is 9.97 Å². The van der Waals surface area contributed by atoms with Crippen molar-refractivity contribution in [3.8, 4) is 44.3 Å². The number of thiazole rings is 3. The van der Waals surface area contributed by atoms with Crippen LogP contribution < -0.4 is 0 Å². The highest BCUT2D eigenvalue weighted by atomic mass is 32.2. The van der Waals surface area contributed by atoms with Gasteiger partial charge in [0.25, 0.3) is 0 Å². The number of hydrogen-bond acceptors (Lipinski definition) is 13. The normalized spacial score (nSPS) is 14.5. The molecule has 0 fully saturated rings. The van der Waals surface area contributed by atoms with Gasteiger partial charge in [0, 0.05) is 47.9 Å². The number of thioether (sulfide) groups is 1. The summed E-state index contributed by atoms with van der Waals surface area (Å²) in [5.41, 5.74) is 21.7. The zero-order valence-corrected chi connectivity index (χ0v) is 52.2. The monoisotopic (exact) mass is 1230 g/mol. The first kappa shape index (κ1) is 53.5. The van der Waals surface area contributed by atoms with E-state index in [1.165, 1.54) is 143 Å². The zero-order valence-electron chi connectivity index (χ0n) is 47.3. The second-order valence-corrected chi connectivity index (χ2v) is 28.5. The molecule has 13 aromatic rings. The number of Topliss-reactive ketones (excluding diaryl/α,β-unsaturated/α-hetero) is 1. The fourth-order valence-electron chi connectivity index (χ4n) is 13.7. The van der Waals surface area contributed by atoms with Gasteiger partial charge in [-0.1, -0.05) is 202 Å². The van der Waals surface area contributed by atoms with Gasteiger partial charge >= 0.3 is 0 Å². The minimum atomic E-state index is -0.717. The molecule has 8 aromatic carbocycles. The Hall–Kier alpha value is -9.02. The van der Waals surface area contributed by atoms with E-state index >= 15 is 0 Å². The second-order valence-electron chi connectivity index (χ2n) is 22.5. The minimum Gasteiger partial charge on any atom is -0.289 e. The average Bonchev–Trinajstić information content (AvgIpc) is 1.52. The largest absolute Gasteiger partial charge is 0.289 e. The molecule has 16 rings (SSSR count). The molecule has 5 aromatic heterocycles. The van der Waals surface area contributed by atoms with E-state index in [0.717, 1.165) is 40.7 Å². The Labute approximate surface area is 526 Å². The SMILES string of the molecule is C=Nc1scnc1SCc1cc2ccc3c(c2s1)-c1cc2c(cc1C3(c1ccc(C)cc1)c1ccc(C)cc1)-c1c(ccc3cc(-c4nc5sc(/C=C6\C(=O)c7ccccc7C6=C(C#N)C#N)nc5s4)sc13)C2(c1ccc(C)cc1)c1ccc(C)cc1. The summed E-state index contributed by atoms with van der Waals surface area (Å²) in [5.74, 6) is 0.527. The molecule has 3 aliphatic rings. The van der Waals surface area contributed by atoms with Crippen molar-refractivity contribution in [3.05, 3.63) is 274 Å². The van der Waals surface area contributed by atoms with Crippen LogP contribution in [0.5, 0.6) is 0 Å². The first-order valence-electron chi connectivity index (χ1n) is 28.3. The van der Waals surface area contributed by atoms with E-state index in [0.29, 0.717) is 27.3 Å². The van der Waals surface area contributed by atoms with Gasteiger partial charge in [-0.2, -0.15) is 10.5 Å². The Bertz CT molecular complexity index is 5130. The summed E-state index contributed by atoms with van der Waals surface area (Å²) >= 11 is 9.84. The molecule has 0 unspecified atom stereocenters. The van der Waals surface area contributed by atoms with Crippen LogP contribution in [0.15, 0.2) is 197 Å². The number of nitrogens with zero attached hydrogens (tertiary/aromatic N) is 6. The Kier molecular flexibility index (Phi) is 12.5. The van der Waals surface area contributed by atoms with Gasteiger partial charge in [0.1, 0.15) is 37.8 Å². The van der Waals surface area contributed by atoms with E-state index in [2.05, 4.69) is 190 Å². The quantitative estimate of drug-likeness (QED) is 0.0579. The average molecular weight is 1230 g/mol. The predicted octanol–water partition coefficient (Wildman–Crippen LogP) is 20.0. The van der Waals surface area contributed by atoms with Crippen molar-refractivity contribution in [1.29, 1.82) is 10.5 Å². The van der Waals surface area contributed by atoms with Gasteiger partial charge in [0.2, 0.25) is 0 Å². The molecule has 414 valence electrons. The number of hydrogen-bond donors (Lipinski definition) is 0. The molecule has 87 heavy (non-hydrogen) atoms. The maximum absolute atomic E-state index is 13.9. The topological polar surface area (TPSA) is 116 Å². The minimum absolute atomic E-state index is 0.105. The molecule has 0 aliphatic heterocycles. The van der Waals surface area contributed by atoms with E-state index in [-0.39, 0.29) is 11.4 Å². The Balaban J connectivity index is 0.937. The summed E-state index contributed by atoms with van der Waals surface area (Å²) in [7, 11) is 0. The number of fused-ring (bicyclic) bond motifs is 12. The fraction of sp³-hybridized carbons (Fsp3) is 0.0946. The van der Waals surface area contributed by atoms with Gasteiger partial charge in [0.15, 0.2) is 15.4 Å². The van der Waals surface area contributed by atoms with Crippen LogP contribution in [-0.2, 0) is 16.6 Å². The molecule has 0 N–H and O–H groups in total. The summed E-state index contributed by atoms with van der Waals surface area (Å²) in [6, 6.07) is 67.5. The molecule has 13 heteroatoms. The van der Waals surface area contributed by atoms with Crippen LogP contribution in [0.4, 0.5) is 5.00 Å². The first-order valence-corrected chi connectivity index (χ1v) is 33.4. The van der Waals surface area contributed by atoms with E-state index in [1.54, 1.807) is 47.4 Å². The second kappa shape index (κ2) is 20.3. The van der Waals surface area contributed by atoms with Crippen molar-refractivity contribution in [1.82, 2.24) is 15.0 Å². The van der Waals surface area contributed by atoms with Crippen molar-refractivity contribution in [2.24, 2.45) is 4.99 Å². The molecule has 0 saturated heterocycles. The Morgan fingerprint density at radius 3 is 1.63 bits per heavy atom. The van der Waals surface area contributed by atoms with E-state index < -0.39 is 10.8 Å². The number of carbonyl (C=O) groups excluding carboxylic acids is 1. The zero-order chi connectivity index (χ0) is 59.0. The third-order valence-electron chi connectivity index (χ3n) is 17.6. The van der Waals surface area contributed by atoms with Crippen molar-refractivity contribution >= 4 is 127 Å². The van der Waals surface area contributed by atoms with Gasteiger partial charge in [-0.05, 0) is 137 Å². The maximum Gasteiger partial charge on any atom is 0.194 e. The summed E-state index contributed by atoms with van der Waals surface area (Å²) in [6.07, 6.45) is 1.71. The highest BCUT2D eigenvalue weighted by molar-refractivity contribution is 7.98. The van der Waals surface area contributed by atoms with Crippen molar-refractivity contribution in [2.45, 2.75) is 49.3 Å². The standard InChI is InChI=1S/C74H46N6OS6/c1-39-10-20-46(21-11-39)73(47-22-12-40(2)13-23-47)56-28-18-43-30-50(37-82-70-69(77-5)83-38-78-70)84-66(43)63(56)53-32-59-54(33-58(53)73)64-57(74(59,48-24-14-41(3)15-25-48)49-26-16-42(4)17-27-49)29-19-44-31-60(85-67(44)64)68-80-72-71(87-68)79-61(86-72)34-55-62(45(35-75)36-76)51-8-6-7-9-52(51)65(55)81/h6-34,38H,5,37H2,1-4H3/b55-34-. The molecule has 0 amide bonds. The van der Waals surface area contributed by atoms with Crippen LogP contribution in [0.2, 0.25) is 0 Å². The number of benzene rings is 8. The van der Waals surface area contributed by atoms with Crippen LogP contribution in [-0.4, -0.2) is 27.5 Å². The van der Waals surface area contributed by atoms with Crippen LogP contribution >= 0.6 is 68.4 Å². The number of aryl methyl sites for hydroxylation is 4. The molecule has 0 spiro atoms. The molecule has 3 aliphatic carbocycles. The lowest BCUT2D eigenvalue weighted by molar-refractivity contribution is 0.104. The number of ketones is 1. The predicted molar refractivity (Wildman–Crippen MR) is 363 cm³/mol. The third kappa shape index (κ3) is 7.97. The molecule has 5 heterocycles. The number of rotatable bonds is 10. The smallest absolute Gasteiger partial charge is 0.194 e. The van der Waals surface area contributed by atoms with Crippen molar-refractivity contribution in [3.63, 3.8) is 0 Å². The molecule has 0 bridgehead atoms. The number of thiophene rings is 2. The van der Waals surface area contributed by atoms with Gasteiger partial charge < -0.3 is 0 Å². The Morgan fingerprint density at radius 2 is 1.10 bits per heavy atom. The molecular formula is C74H46N6OS6. The maximum atomic E-state index is 13.9. The van der Waals surface area contributed by atoms with Crippen LogP contribution in [0.25, 0.3) is 73.6 Å². The van der Waals surface area contributed by atoms with Gasteiger partial charge in [0.05, 0.1) is 21.2 Å². The Morgan fingerprint density at radius 1 is 0.586 bits per heavy atom. The van der Waals surface area contributed by atoms with Gasteiger partial charge in [-0.15, -0.1) is 34.0 Å². The third-order valence-corrected chi connectivity index (χ3v) is 24.2. The van der Waals surface area contributed by atoms with Crippen LogP contribution in [0.1, 0.15) is 92.6 Å². The van der Waals surface area contributed by atoms with Gasteiger partial charge in [-0.3, -0.25) is 9.79 Å². The number of aliphatic imine (C=N–C) groups is 1. The van der Waals surface area contributed by atoms with Gasteiger partial charge in [-0.25, -0.2) is 15.0 Å². The van der Waals surface area contributed by atoms with E-state index in [1.807, 2.05) is 35.1 Å². The highest BCUT2D eigenvalue weighted by Gasteiger charge is 2.52. The lowest BCUT2D eigenvalue weighted by Gasteiger charge is -2.35. The summed E-state index contributed by atoms with van der Waals surface area (Å²) in [4.78, 5) is 36.9. The van der Waals surface area contributed by atoms with E-state index in [9.17, 15) is 15.3 Å². The number of nitriles is 2. The summed E-state index contributed by atoms with van der Waals surface area (Å²) in [5, 5.41) is 25.5. The summed E-state index contributed by atoms with van der Waals surface area (Å²) < 4.78 is 2.46. The first-order chi connectivity index (χ1) is 42.5. The fourth-order valence-corrected chi connectivity index (χ4v) is 19.9. The summed E-state index contributed by atoms with van der Waals surface area (Å²) in [6.45, 7) is 12.5. The lowest BCUT2D eigenvalue weighted by Crippen LogP contribution is -2.30. The van der Waals surface area contributed by atoms with Crippen molar-refractivity contribution in [2.75, 3.05) is 0 Å². The molecular weight excluding hydrogens is 1180 g/mol. The van der Waals surface area contributed by atoms with Crippen LogP contribution in [0, 0.1) is 50.4 Å². The number of aromatic nitrogens is 3. The number of allylic oxidation sites excluding steroid dienone is 3. The lowest BCUT2D eigenvalue weighted by atomic mass is 9.65. The molecule has 7 nitrogen and oxygen atoms in total. The van der Waals surface area contributed by atoms with Crippen molar-refractivity contribution < 1.29 is 4.79 Å². The highest BCUT2D eigenvalue weighted by Crippen LogP contribution is 2.65. The molecule has 0 radical (unpaired) electrons. The number of carbonyl (C=O) groups is 1.